The number of hydrogen-bond acceptors (Lipinski definition) is 5. The Balaban J connectivity index is 0.000000496. The molecule has 0 amide bonds. The highest BCUT2D eigenvalue weighted by atomic mass is 32.1. The molecule has 2 spiro atoms. The fraction of sp³-hybridized carbons (Fsp3) is 0.694. The van der Waals surface area contributed by atoms with E-state index >= 15 is 0 Å². The summed E-state index contributed by atoms with van der Waals surface area (Å²) >= 11 is 3.53. The SMILES string of the molecule is CC(C)c1nc2c(c3c1C(c1ccc(C(F)(F)F)cc1)OC31CCOCC1C)C(O)CC1(CCC1)C2.CCC(C)(C)C.CS. The second-order valence-corrected chi connectivity index (χ2v) is 14.7. The van der Waals surface area contributed by atoms with Gasteiger partial charge in [0.05, 0.1) is 18.3 Å². The van der Waals surface area contributed by atoms with Crippen LogP contribution in [-0.4, -0.2) is 29.6 Å². The molecule has 1 N–H and O–H groups in total. The summed E-state index contributed by atoms with van der Waals surface area (Å²) in [6.45, 7) is 16.3. The number of pyridine rings is 1. The molecule has 2 aliphatic carbocycles. The average Bonchev–Trinajstić information content (AvgIpc) is 3.29. The largest absolute Gasteiger partial charge is 0.416 e. The van der Waals surface area contributed by atoms with E-state index in [0.717, 1.165) is 65.9 Å². The molecule has 4 atom stereocenters. The van der Waals surface area contributed by atoms with Crippen LogP contribution in [0.3, 0.4) is 0 Å². The van der Waals surface area contributed by atoms with Crippen LogP contribution >= 0.6 is 12.6 Å². The topological polar surface area (TPSA) is 51.6 Å². The number of halogens is 3. The number of hydrogen-bond donors (Lipinski definition) is 2. The van der Waals surface area contributed by atoms with Gasteiger partial charge in [0.2, 0.25) is 0 Å². The molecule has 6 rings (SSSR count). The lowest BCUT2D eigenvalue weighted by molar-refractivity contribution is -0.157. The van der Waals surface area contributed by atoms with E-state index in [1.807, 2.05) is 0 Å². The Morgan fingerprint density at radius 1 is 1.05 bits per heavy atom. The first kappa shape index (κ1) is 35.2. The van der Waals surface area contributed by atoms with E-state index in [4.69, 9.17) is 14.5 Å². The molecule has 3 heterocycles. The Hall–Kier alpha value is -1.61. The quantitative estimate of drug-likeness (QED) is 0.323. The van der Waals surface area contributed by atoms with E-state index in [0.29, 0.717) is 30.6 Å². The molecule has 2 aromatic rings. The fourth-order valence-electron chi connectivity index (χ4n) is 7.16. The minimum atomic E-state index is -4.39. The zero-order valence-corrected chi connectivity index (χ0v) is 28.7. The number of thiol groups is 1. The summed E-state index contributed by atoms with van der Waals surface area (Å²) in [5, 5.41) is 11.6. The lowest BCUT2D eigenvalue weighted by Gasteiger charge is -2.48. The maximum atomic E-state index is 13.3. The van der Waals surface area contributed by atoms with Crippen molar-refractivity contribution >= 4 is 12.6 Å². The third-order valence-electron chi connectivity index (χ3n) is 10.2. The summed E-state index contributed by atoms with van der Waals surface area (Å²) in [5.41, 5.74) is 4.86. The van der Waals surface area contributed by atoms with E-state index < -0.39 is 29.5 Å². The van der Waals surface area contributed by atoms with Crippen molar-refractivity contribution in [3.8, 4) is 0 Å². The molecule has 4 nitrogen and oxygen atoms in total. The number of aromatic nitrogens is 1. The van der Waals surface area contributed by atoms with Crippen LogP contribution in [0.5, 0.6) is 0 Å². The van der Waals surface area contributed by atoms with Crippen molar-refractivity contribution in [3.05, 3.63) is 63.5 Å². The van der Waals surface area contributed by atoms with Gasteiger partial charge in [-0.2, -0.15) is 25.8 Å². The van der Waals surface area contributed by atoms with Crippen molar-refractivity contribution in [1.29, 1.82) is 0 Å². The molecule has 0 bridgehead atoms. The van der Waals surface area contributed by atoms with Gasteiger partial charge in [-0.15, -0.1) is 0 Å². The molecular weight excluding hydrogens is 583 g/mol. The van der Waals surface area contributed by atoms with Gasteiger partial charge in [0, 0.05) is 41.5 Å². The highest BCUT2D eigenvalue weighted by molar-refractivity contribution is 7.79. The van der Waals surface area contributed by atoms with Crippen molar-refractivity contribution in [1.82, 2.24) is 4.98 Å². The molecule has 4 unspecified atom stereocenters. The van der Waals surface area contributed by atoms with Gasteiger partial charge in [0.25, 0.3) is 0 Å². The van der Waals surface area contributed by atoms with Crippen molar-refractivity contribution in [2.45, 2.75) is 123 Å². The van der Waals surface area contributed by atoms with Gasteiger partial charge < -0.3 is 14.6 Å². The van der Waals surface area contributed by atoms with E-state index in [1.165, 1.54) is 25.0 Å². The predicted octanol–water partition coefficient (Wildman–Crippen LogP) is 9.73. The molecule has 8 heteroatoms. The Morgan fingerprint density at radius 3 is 2.14 bits per heavy atom. The predicted molar refractivity (Wildman–Crippen MR) is 173 cm³/mol. The van der Waals surface area contributed by atoms with Crippen LogP contribution in [0.1, 0.15) is 144 Å². The zero-order chi connectivity index (χ0) is 32.7. The Kier molecular flexibility index (Phi) is 10.6. The summed E-state index contributed by atoms with van der Waals surface area (Å²) in [5.74, 6) is 0.133. The van der Waals surface area contributed by atoms with Crippen LogP contribution in [-0.2, 0) is 27.7 Å². The van der Waals surface area contributed by atoms with Crippen LogP contribution < -0.4 is 0 Å². The molecule has 1 saturated heterocycles. The molecular formula is C36H52F3NO3S. The molecule has 2 aliphatic heterocycles. The number of nitrogens with zero attached hydrogens (tertiary/aromatic N) is 1. The number of aliphatic hydroxyl groups excluding tert-OH is 1. The first-order chi connectivity index (χ1) is 20.6. The number of ether oxygens (including phenoxy) is 2. The van der Waals surface area contributed by atoms with Gasteiger partial charge in [0.15, 0.2) is 0 Å². The number of aliphatic hydroxyl groups is 1. The summed E-state index contributed by atoms with van der Waals surface area (Å²) in [6, 6.07) is 5.33. The maximum Gasteiger partial charge on any atom is 0.416 e. The maximum absolute atomic E-state index is 13.3. The van der Waals surface area contributed by atoms with Crippen LogP contribution in [0, 0.1) is 16.7 Å². The minimum absolute atomic E-state index is 0.0303. The molecule has 246 valence electrons. The van der Waals surface area contributed by atoms with Crippen molar-refractivity contribution in [2.75, 3.05) is 19.5 Å². The summed E-state index contributed by atoms with van der Waals surface area (Å²) < 4.78 is 52.6. The fourth-order valence-corrected chi connectivity index (χ4v) is 7.16. The lowest BCUT2D eigenvalue weighted by Crippen LogP contribution is -2.44. The highest BCUT2D eigenvalue weighted by Crippen LogP contribution is 2.61. The molecule has 2 fully saturated rings. The van der Waals surface area contributed by atoms with Gasteiger partial charge in [-0.25, -0.2) is 0 Å². The van der Waals surface area contributed by atoms with Crippen molar-refractivity contribution in [3.63, 3.8) is 0 Å². The van der Waals surface area contributed by atoms with Crippen molar-refractivity contribution < 1.29 is 27.8 Å². The third-order valence-corrected chi connectivity index (χ3v) is 10.2. The second kappa shape index (κ2) is 13.2. The molecule has 1 saturated carbocycles. The van der Waals surface area contributed by atoms with Crippen LogP contribution in [0.15, 0.2) is 24.3 Å². The Labute approximate surface area is 267 Å². The molecule has 1 aromatic heterocycles. The minimum Gasteiger partial charge on any atom is -0.388 e. The molecule has 44 heavy (non-hydrogen) atoms. The summed E-state index contributed by atoms with van der Waals surface area (Å²) in [6.07, 6.45) is 3.12. The number of benzene rings is 1. The zero-order valence-electron chi connectivity index (χ0n) is 27.8. The number of fused-ring (bicyclic) bond motifs is 4. The van der Waals surface area contributed by atoms with E-state index in [9.17, 15) is 18.3 Å². The first-order valence-electron chi connectivity index (χ1n) is 16.2. The second-order valence-electron chi connectivity index (χ2n) is 14.7. The standard InChI is InChI=1S/C29H34F3NO3.C6H14.CH4S/c1-16(2)25-23-24(22-20(33-25)13-27(9-4-10-27)14-21(22)34)28(11-12-35-15-17(28)3)36-26(23)18-5-7-19(8-6-18)29(30,31)32;1-5-6(2,3)4;1-2/h5-8,16-17,21,26,34H,4,9-15H2,1-3H3;5H2,1-4H3;2H,1H3. The Bertz CT molecular complexity index is 1280. The van der Waals surface area contributed by atoms with Crippen LogP contribution in [0.2, 0.25) is 0 Å². The molecule has 4 aliphatic rings. The number of rotatable bonds is 2. The van der Waals surface area contributed by atoms with Crippen molar-refractivity contribution in [2.24, 2.45) is 16.7 Å². The smallest absolute Gasteiger partial charge is 0.388 e. The first-order valence-corrected chi connectivity index (χ1v) is 17.1. The van der Waals surface area contributed by atoms with E-state index in [1.54, 1.807) is 6.26 Å². The van der Waals surface area contributed by atoms with Crippen LogP contribution in [0.4, 0.5) is 13.2 Å². The van der Waals surface area contributed by atoms with Crippen LogP contribution in [0.25, 0.3) is 0 Å². The monoisotopic (exact) mass is 635 g/mol. The third kappa shape index (κ3) is 6.74. The van der Waals surface area contributed by atoms with Gasteiger partial charge in [0.1, 0.15) is 11.7 Å². The normalized spacial score (nSPS) is 27.1. The highest BCUT2D eigenvalue weighted by Gasteiger charge is 2.56. The van der Waals surface area contributed by atoms with E-state index in [2.05, 4.69) is 61.1 Å². The average molecular weight is 636 g/mol. The molecule has 0 radical (unpaired) electrons. The van der Waals surface area contributed by atoms with Gasteiger partial charge in [-0.05, 0) is 71.9 Å². The van der Waals surface area contributed by atoms with Gasteiger partial charge in [-0.3, -0.25) is 4.98 Å². The van der Waals surface area contributed by atoms with Gasteiger partial charge >= 0.3 is 6.18 Å². The lowest BCUT2D eigenvalue weighted by atomic mass is 9.58. The van der Waals surface area contributed by atoms with Gasteiger partial charge in [-0.1, -0.05) is 73.4 Å². The van der Waals surface area contributed by atoms with E-state index in [-0.39, 0.29) is 17.3 Å². The Morgan fingerprint density at radius 2 is 1.66 bits per heavy atom. The molecule has 1 aromatic carbocycles. The summed E-state index contributed by atoms with van der Waals surface area (Å²) in [7, 11) is 0. The number of alkyl halides is 3. The summed E-state index contributed by atoms with van der Waals surface area (Å²) in [4.78, 5) is 5.20.